The summed E-state index contributed by atoms with van der Waals surface area (Å²) < 4.78 is 0. The van der Waals surface area contributed by atoms with E-state index in [1.807, 2.05) is 0 Å². The van der Waals surface area contributed by atoms with Crippen molar-refractivity contribution < 1.29 is 5.11 Å². The van der Waals surface area contributed by atoms with E-state index in [1.54, 1.807) is 0 Å². The van der Waals surface area contributed by atoms with Crippen LogP contribution >= 0.6 is 0 Å². The van der Waals surface area contributed by atoms with Gasteiger partial charge in [0, 0.05) is 25.2 Å². The zero-order valence-electron chi connectivity index (χ0n) is 14.4. The summed E-state index contributed by atoms with van der Waals surface area (Å²) >= 11 is 0. The van der Waals surface area contributed by atoms with Gasteiger partial charge < -0.3 is 15.3 Å². The van der Waals surface area contributed by atoms with E-state index in [0.29, 0.717) is 12.1 Å². The van der Waals surface area contributed by atoms with Crippen LogP contribution in [-0.2, 0) is 13.1 Å². The average molecular weight is 317 g/mol. The van der Waals surface area contributed by atoms with Crippen molar-refractivity contribution in [2.75, 3.05) is 33.3 Å². The van der Waals surface area contributed by atoms with Gasteiger partial charge in [0.15, 0.2) is 0 Å². The summed E-state index contributed by atoms with van der Waals surface area (Å²) in [7, 11) is 2.21. The van der Waals surface area contributed by atoms with Crippen LogP contribution in [0.5, 0.6) is 0 Å². The standard InChI is InChI=1S/C19H31N3O/c1-21-11-8-18(9-12-21)20-13-16-5-2-3-6-17(16)14-22-10-4-7-19(22)15-23/h2-3,5-6,18-20,23H,4,7-15H2,1H3/t19-/m0/s1. The minimum absolute atomic E-state index is 0.288. The number of likely N-dealkylation sites (tertiary alicyclic amines) is 2. The molecule has 23 heavy (non-hydrogen) atoms. The second-order valence-corrected chi connectivity index (χ2v) is 7.18. The highest BCUT2D eigenvalue weighted by Crippen LogP contribution is 2.21. The Kier molecular flexibility index (Phi) is 6.06. The molecule has 4 heteroatoms. The summed E-state index contributed by atoms with van der Waals surface area (Å²) in [6.45, 7) is 5.73. The normalized spacial score (nSPS) is 24.3. The quantitative estimate of drug-likeness (QED) is 0.840. The molecule has 0 aliphatic carbocycles. The number of nitrogens with zero attached hydrogens (tertiary/aromatic N) is 2. The van der Waals surface area contributed by atoms with E-state index >= 15 is 0 Å². The maximum Gasteiger partial charge on any atom is 0.0587 e. The van der Waals surface area contributed by atoms with Gasteiger partial charge in [0.2, 0.25) is 0 Å². The van der Waals surface area contributed by atoms with Crippen LogP contribution in [0.25, 0.3) is 0 Å². The van der Waals surface area contributed by atoms with Gasteiger partial charge in [0.25, 0.3) is 0 Å². The number of aliphatic hydroxyl groups excluding tert-OH is 1. The Morgan fingerprint density at radius 3 is 2.57 bits per heavy atom. The maximum atomic E-state index is 9.52. The number of rotatable bonds is 6. The second kappa shape index (κ2) is 8.25. The zero-order chi connectivity index (χ0) is 16.1. The van der Waals surface area contributed by atoms with Gasteiger partial charge in [-0.15, -0.1) is 0 Å². The van der Waals surface area contributed by atoms with E-state index in [9.17, 15) is 5.11 Å². The largest absolute Gasteiger partial charge is 0.395 e. The Hall–Kier alpha value is -0.940. The SMILES string of the molecule is CN1CCC(NCc2ccccc2CN2CCC[C@H]2CO)CC1. The first-order chi connectivity index (χ1) is 11.3. The number of nitrogens with one attached hydrogen (secondary N) is 1. The molecule has 3 rings (SSSR count). The molecule has 1 aromatic carbocycles. The maximum absolute atomic E-state index is 9.52. The smallest absolute Gasteiger partial charge is 0.0587 e. The number of hydrogen-bond acceptors (Lipinski definition) is 4. The van der Waals surface area contributed by atoms with Gasteiger partial charge in [-0.05, 0) is 63.5 Å². The molecular weight excluding hydrogens is 286 g/mol. The van der Waals surface area contributed by atoms with Crippen molar-refractivity contribution in [2.45, 2.75) is 50.9 Å². The molecule has 128 valence electrons. The molecule has 0 radical (unpaired) electrons. The van der Waals surface area contributed by atoms with Crippen LogP contribution in [0.15, 0.2) is 24.3 Å². The van der Waals surface area contributed by atoms with E-state index < -0.39 is 0 Å². The van der Waals surface area contributed by atoms with Gasteiger partial charge in [0.05, 0.1) is 6.61 Å². The first-order valence-electron chi connectivity index (χ1n) is 9.10. The lowest BCUT2D eigenvalue weighted by atomic mass is 10.0. The van der Waals surface area contributed by atoms with Gasteiger partial charge in [-0.2, -0.15) is 0 Å². The predicted octanol–water partition coefficient (Wildman–Crippen LogP) is 1.83. The molecule has 2 fully saturated rings. The lowest BCUT2D eigenvalue weighted by molar-refractivity contribution is 0.153. The summed E-state index contributed by atoms with van der Waals surface area (Å²) in [5.74, 6) is 0. The van der Waals surface area contributed by atoms with Crippen LogP contribution in [-0.4, -0.2) is 60.3 Å². The van der Waals surface area contributed by atoms with Crippen LogP contribution in [0, 0.1) is 0 Å². The number of piperidine rings is 1. The van der Waals surface area contributed by atoms with Crippen molar-refractivity contribution >= 4 is 0 Å². The molecule has 2 saturated heterocycles. The fourth-order valence-corrected chi connectivity index (χ4v) is 3.88. The highest BCUT2D eigenvalue weighted by Gasteiger charge is 2.24. The van der Waals surface area contributed by atoms with Crippen molar-refractivity contribution in [3.05, 3.63) is 35.4 Å². The first kappa shape index (κ1) is 16.9. The molecule has 1 aromatic rings. The first-order valence-corrected chi connectivity index (χ1v) is 9.10. The Bertz CT molecular complexity index is 485. The molecule has 2 aliphatic heterocycles. The van der Waals surface area contributed by atoms with Gasteiger partial charge in [-0.3, -0.25) is 4.90 Å². The summed E-state index contributed by atoms with van der Waals surface area (Å²) in [5.41, 5.74) is 2.82. The molecule has 0 aromatic heterocycles. The molecule has 2 aliphatic rings. The van der Waals surface area contributed by atoms with Crippen molar-refractivity contribution in [2.24, 2.45) is 0 Å². The Balaban J connectivity index is 1.57. The van der Waals surface area contributed by atoms with Crippen molar-refractivity contribution in [1.29, 1.82) is 0 Å². The summed E-state index contributed by atoms with van der Waals surface area (Å²) in [4.78, 5) is 4.85. The fraction of sp³-hybridized carbons (Fsp3) is 0.684. The summed E-state index contributed by atoms with van der Waals surface area (Å²) in [6.07, 6.45) is 4.84. The Morgan fingerprint density at radius 2 is 1.83 bits per heavy atom. The fourth-order valence-electron chi connectivity index (χ4n) is 3.88. The number of aliphatic hydroxyl groups is 1. The van der Waals surface area contributed by atoms with Gasteiger partial charge >= 0.3 is 0 Å². The number of hydrogen-bond donors (Lipinski definition) is 2. The molecule has 1 atom stereocenters. The molecular formula is C19H31N3O. The van der Waals surface area contributed by atoms with Gasteiger partial charge in [-0.25, -0.2) is 0 Å². The van der Waals surface area contributed by atoms with Crippen LogP contribution in [0.2, 0.25) is 0 Å². The molecule has 2 N–H and O–H groups in total. The summed E-state index contributed by atoms with van der Waals surface area (Å²) in [5, 5.41) is 13.3. The third-order valence-electron chi connectivity index (χ3n) is 5.50. The second-order valence-electron chi connectivity index (χ2n) is 7.18. The van der Waals surface area contributed by atoms with E-state index in [2.05, 4.69) is 46.4 Å². The average Bonchev–Trinajstić information content (AvgIpc) is 3.03. The van der Waals surface area contributed by atoms with Crippen molar-refractivity contribution in [3.8, 4) is 0 Å². The van der Waals surface area contributed by atoms with Gasteiger partial charge in [-0.1, -0.05) is 24.3 Å². The van der Waals surface area contributed by atoms with Crippen LogP contribution in [0.4, 0.5) is 0 Å². The minimum atomic E-state index is 0.288. The van der Waals surface area contributed by atoms with E-state index in [1.165, 1.54) is 43.5 Å². The third kappa shape index (κ3) is 4.54. The molecule has 4 nitrogen and oxygen atoms in total. The molecule has 2 heterocycles. The van der Waals surface area contributed by atoms with E-state index in [-0.39, 0.29) is 6.61 Å². The molecule has 0 amide bonds. The molecule has 0 bridgehead atoms. The Labute approximate surface area is 140 Å². The zero-order valence-corrected chi connectivity index (χ0v) is 14.4. The van der Waals surface area contributed by atoms with Crippen molar-refractivity contribution in [3.63, 3.8) is 0 Å². The lowest BCUT2D eigenvalue weighted by Gasteiger charge is -2.30. The topological polar surface area (TPSA) is 38.7 Å². The minimum Gasteiger partial charge on any atom is -0.395 e. The third-order valence-corrected chi connectivity index (χ3v) is 5.50. The highest BCUT2D eigenvalue weighted by molar-refractivity contribution is 5.27. The van der Waals surface area contributed by atoms with Crippen LogP contribution in [0.1, 0.15) is 36.8 Å². The predicted molar refractivity (Wildman–Crippen MR) is 94.3 cm³/mol. The van der Waals surface area contributed by atoms with E-state index in [0.717, 1.165) is 26.1 Å². The summed E-state index contributed by atoms with van der Waals surface area (Å²) in [6, 6.07) is 9.78. The van der Waals surface area contributed by atoms with Crippen LogP contribution < -0.4 is 5.32 Å². The molecule has 0 spiro atoms. The molecule has 0 saturated carbocycles. The molecule has 0 unspecified atom stereocenters. The number of benzene rings is 1. The van der Waals surface area contributed by atoms with E-state index in [4.69, 9.17) is 0 Å². The Morgan fingerprint density at radius 1 is 1.09 bits per heavy atom. The highest BCUT2D eigenvalue weighted by atomic mass is 16.3. The van der Waals surface area contributed by atoms with Crippen LogP contribution in [0.3, 0.4) is 0 Å². The van der Waals surface area contributed by atoms with Gasteiger partial charge in [0.1, 0.15) is 0 Å². The van der Waals surface area contributed by atoms with Crippen molar-refractivity contribution in [1.82, 2.24) is 15.1 Å². The lowest BCUT2D eigenvalue weighted by Crippen LogP contribution is -2.40. The monoisotopic (exact) mass is 317 g/mol.